The Labute approximate surface area is 137 Å². The highest BCUT2D eigenvalue weighted by atomic mass is 79.9. The second-order valence-electron chi connectivity index (χ2n) is 4.42. The minimum absolute atomic E-state index is 0.0309. The van der Waals surface area contributed by atoms with Gasteiger partial charge in [-0.3, -0.25) is 4.79 Å². The summed E-state index contributed by atoms with van der Waals surface area (Å²) in [4.78, 5) is 11.8. The fraction of sp³-hybridized carbons (Fsp3) is 0.188. The lowest BCUT2D eigenvalue weighted by molar-refractivity contribution is -0.120. The zero-order chi connectivity index (χ0) is 15.1. The van der Waals surface area contributed by atoms with Crippen LogP contribution in [-0.4, -0.2) is 19.1 Å². The number of amides is 1. The first-order valence-corrected chi connectivity index (χ1v) is 7.71. The van der Waals surface area contributed by atoms with Crippen molar-refractivity contribution in [3.8, 4) is 5.75 Å². The van der Waals surface area contributed by atoms with Gasteiger partial charge >= 0.3 is 0 Å². The zero-order valence-electron chi connectivity index (χ0n) is 11.3. The number of nitrogens with one attached hydrogen (secondary N) is 1. The molecule has 5 heteroatoms. The van der Waals surface area contributed by atoms with Gasteiger partial charge in [0.2, 0.25) is 5.91 Å². The van der Waals surface area contributed by atoms with Crippen molar-refractivity contribution in [2.75, 3.05) is 13.2 Å². The average Bonchev–Trinajstić information content (AvgIpc) is 2.46. The van der Waals surface area contributed by atoms with Crippen molar-refractivity contribution in [1.29, 1.82) is 0 Å². The Morgan fingerprint density at radius 3 is 2.76 bits per heavy atom. The summed E-state index contributed by atoms with van der Waals surface area (Å²) < 4.78 is 6.44. The van der Waals surface area contributed by atoms with Crippen LogP contribution in [0.2, 0.25) is 5.02 Å². The number of benzene rings is 2. The van der Waals surface area contributed by atoms with Gasteiger partial charge in [-0.05, 0) is 29.8 Å². The molecule has 0 saturated heterocycles. The fourth-order valence-corrected chi connectivity index (χ4v) is 2.40. The molecule has 2 aromatic carbocycles. The van der Waals surface area contributed by atoms with Gasteiger partial charge in [0.25, 0.3) is 0 Å². The van der Waals surface area contributed by atoms with E-state index < -0.39 is 0 Å². The average molecular weight is 369 g/mol. The number of carbonyl (C=O) groups is 1. The van der Waals surface area contributed by atoms with Crippen LogP contribution in [-0.2, 0) is 11.2 Å². The van der Waals surface area contributed by atoms with Crippen molar-refractivity contribution in [1.82, 2.24) is 5.32 Å². The standard InChI is InChI=1S/C16H15BrClNO2/c17-15-7-2-1-4-12(15)10-16(20)19-8-9-21-14-6-3-5-13(18)11-14/h1-7,11H,8-10H2,(H,19,20). The van der Waals surface area contributed by atoms with Crippen LogP contribution in [0, 0.1) is 0 Å². The summed E-state index contributed by atoms with van der Waals surface area (Å²) in [6.07, 6.45) is 0.346. The molecule has 0 heterocycles. The molecule has 21 heavy (non-hydrogen) atoms. The van der Waals surface area contributed by atoms with Gasteiger partial charge < -0.3 is 10.1 Å². The molecule has 110 valence electrons. The van der Waals surface area contributed by atoms with Gasteiger partial charge in [0.05, 0.1) is 13.0 Å². The number of hydrogen-bond acceptors (Lipinski definition) is 2. The molecular weight excluding hydrogens is 354 g/mol. The van der Waals surface area contributed by atoms with E-state index in [2.05, 4.69) is 21.2 Å². The molecular formula is C16H15BrClNO2. The minimum Gasteiger partial charge on any atom is -0.492 e. The van der Waals surface area contributed by atoms with Gasteiger partial charge in [-0.1, -0.05) is 51.8 Å². The number of halogens is 2. The van der Waals surface area contributed by atoms with Crippen molar-refractivity contribution in [3.05, 3.63) is 63.6 Å². The van der Waals surface area contributed by atoms with Crippen LogP contribution in [0.4, 0.5) is 0 Å². The molecule has 0 fully saturated rings. The molecule has 0 aromatic heterocycles. The highest BCUT2D eigenvalue weighted by Gasteiger charge is 2.05. The van der Waals surface area contributed by atoms with Crippen LogP contribution < -0.4 is 10.1 Å². The number of carbonyl (C=O) groups excluding carboxylic acids is 1. The van der Waals surface area contributed by atoms with E-state index in [0.717, 1.165) is 10.0 Å². The molecule has 0 unspecified atom stereocenters. The van der Waals surface area contributed by atoms with Crippen LogP contribution in [0.5, 0.6) is 5.75 Å². The Morgan fingerprint density at radius 1 is 1.19 bits per heavy atom. The molecule has 3 nitrogen and oxygen atoms in total. The summed E-state index contributed by atoms with van der Waals surface area (Å²) in [5.74, 6) is 0.666. The molecule has 1 amide bonds. The molecule has 2 rings (SSSR count). The van der Waals surface area contributed by atoms with Crippen LogP contribution in [0.3, 0.4) is 0 Å². The third-order valence-corrected chi connectivity index (χ3v) is 3.81. The van der Waals surface area contributed by atoms with Crippen LogP contribution in [0.25, 0.3) is 0 Å². The first-order chi connectivity index (χ1) is 10.1. The first kappa shape index (κ1) is 15.9. The number of hydrogen-bond donors (Lipinski definition) is 1. The monoisotopic (exact) mass is 367 g/mol. The molecule has 1 N–H and O–H groups in total. The summed E-state index contributed by atoms with van der Waals surface area (Å²) in [5, 5.41) is 3.46. The first-order valence-electron chi connectivity index (χ1n) is 6.53. The fourth-order valence-electron chi connectivity index (χ4n) is 1.79. The van der Waals surface area contributed by atoms with Gasteiger partial charge in [-0.2, -0.15) is 0 Å². The number of ether oxygens (including phenoxy) is 1. The Balaban J connectivity index is 1.71. The van der Waals surface area contributed by atoms with Crippen LogP contribution in [0.15, 0.2) is 53.0 Å². The van der Waals surface area contributed by atoms with Gasteiger partial charge in [-0.15, -0.1) is 0 Å². The van der Waals surface area contributed by atoms with Gasteiger partial charge in [-0.25, -0.2) is 0 Å². The minimum atomic E-state index is -0.0309. The summed E-state index contributed by atoms with van der Waals surface area (Å²) in [7, 11) is 0. The van der Waals surface area contributed by atoms with E-state index in [1.807, 2.05) is 36.4 Å². The summed E-state index contributed by atoms with van der Waals surface area (Å²) >= 11 is 9.29. The summed E-state index contributed by atoms with van der Waals surface area (Å²) in [6, 6.07) is 14.9. The molecule has 0 aliphatic rings. The zero-order valence-corrected chi connectivity index (χ0v) is 13.7. The van der Waals surface area contributed by atoms with Crippen molar-refractivity contribution in [2.45, 2.75) is 6.42 Å². The van der Waals surface area contributed by atoms with Crippen LogP contribution >= 0.6 is 27.5 Å². The summed E-state index contributed by atoms with van der Waals surface area (Å²) in [5.41, 5.74) is 0.964. The molecule has 0 atom stereocenters. The maximum absolute atomic E-state index is 11.8. The second-order valence-corrected chi connectivity index (χ2v) is 5.71. The van der Waals surface area contributed by atoms with Crippen molar-refractivity contribution in [3.63, 3.8) is 0 Å². The van der Waals surface area contributed by atoms with Crippen molar-refractivity contribution in [2.24, 2.45) is 0 Å². The largest absolute Gasteiger partial charge is 0.492 e. The van der Waals surface area contributed by atoms with Gasteiger partial charge in [0, 0.05) is 9.50 Å². The Kier molecular flexibility index (Phi) is 6.08. The van der Waals surface area contributed by atoms with Crippen molar-refractivity contribution < 1.29 is 9.53 Å². The van der Waals surface area contributed by atoms with Gasteiger partial charge in [0.1, 0.15) is 12.4 Å². The highest BCUT2D eigenvalue weighted by molar-refractivity contribution is 9.10. The maximum Gasteiger partial charge on any atom is 0.224 e. The van der Waals surface area contributed by atoms with E-state index in [1.54, 1.807) is 12.1 Å². The topological polar surface area (TPSA) is 38.3 Å². The smallest absolute Gasteiger partial charge is 0.224 e. The number of rotatable bonds is 6. The molecule has 0 aliphatic carbocycles. The Hall–Kier alpha value is -1.52. The molecule has 0 radical (unpaired) electrons. The van der Waals surface area contributed by atoms with Crippen molar-refractivity contribution >= 4 is 33.4 Å². The lowest BCUT2D eigenvalue weighted by Gasteiger charge is -2.08. The van der Waals surface area contributed by atoms with E-state index in [0.29, 0.717) is 30.3 Å². The molecule has 0 bridgehead atoms. The highest BCUT2D eigenvalue weighted by Crippen LogP contribution is 2.17. The molecule has 0 spiro atoms. The molecule has 0 aliphatic heterocycles. The maximum atomic E-state index is 11.8. The van der Waals surface area contributed by atoms with Gasteiger partial charge in [0.15, 0.2) is 0 Å². The predicted octanol–water partition coefficient (Wildman–Crippen LogP) is 3.84. The third kappa shape index (κ3) is 5.40. The second kappa shape index (κ2) is 8.05. The lowest BCUT2D eigenvalue weighted by Crippen LogP contribution is -2.29. The Morgan fingerprint density at radius 2 is 2.00 bits per heavy atom. The SMILES string of the molecule is O=C(Cc1ccccc1Br)NCCOc1cccc(Cl)c1. The summed E-state index contributed by atoms with van der Waals surface area (Å²) in [6.45, 7) is 0.859. The van der Waals surface area contributed by atoms with E-state index in [1.165, 1.54) is 0 Å². The van der Waals surface area contributed by atoms with E-state index in [4.69, 9.17) is 16.3 Å². The van der Waals surface area contributed by atoms with Crippen LogP contribution in [0.1, 0.15) is 5.56 Å². The van der Waals surface area contributed by atoms with E-state index >= 15 is 0 Å². The van der Waals surface area contributed by atoms with E-state index in [-0.39, 0.29) is 5.91 Å². The third-order valence-electron chi connectivity index (χ3n) is 2.80. The quantitative estimate of drug-likeness (QED) is 0.787. The molecule has 0 saturated carbocycles. The van der Waals surface area contributed by atoms with E-state index in [9.17, 15) is 4.79 Å². The normalized spacial score (nSPS) is 10.2. The Bertz CT molecular complexity index is 619. The lowest BCUT2D eigenvalue weighted by atomic mass is 10.1. The molecule has 2 aromatic rings. The predicted molar refractivity (Wildman–Crippen MR) is 87.8 cm³/mol.